The molecule has 0 aliphatic heterocycles. The van der Waals surface area contributed by atoms with Gasteiger partial charge in [0.2, 0.25) is 0 Å². The van der Waals surface area contributed by atoms with E-state index in [0.717, 1.165) is 23.0 Å². The van der Waals surface area contributed by atoms with E-state index in [0.29, 0.717) is 10.2 Å². The van der Waals surface area contributed by atoms with Crippen LogP contribution in [0.4, 0.5) is 17.6 Å². The van der Waals surface area contributed by atoms with Gasteiger partial charge in [-0.15, -0.1) is 0 Å². The van der Waals surface area contributed by atoms with Crippen LogP contribution in [0, 0.1) is 5.82 Å². The predicted molar refractivity (Wildman–Crippen MR) is 124 cm³/mol. The van der Waals surface area contributed by atoms with Gasteiger partial charge in [-0.25, -0.2) is 4.39 Å². The molecule has 0 saturated carbocycles. The number of halogens is 5. The quantitative estimate of drug-likeness (QED) is 0.226. The van der Waals surface area contributed by atoms with Crippen LogP contribution in [0.3, 0.4) is 0 Å². The van der Waals surface area contributed by atoms with Crippen LogP contribution in [0.15, 0.2) is 46.9 Å². The van der Waals surface area contributed by atoms with Crippen molar-refractivity contribution in [3.63, 3.8) is 0 Å². The summed E-state index contributed by atoms with van der Waals surface area (Å²) < 4.78 is 80.2. The second-order valence-electron chi connectivity index (χ2n) is 8.28. The van der Waals surface area contributed by atoms with E-state index in [4.69, 9.17) is 9.05 Å². The molecule has 0 bridgehead atoms. The molecule has 0 aliphatic carbocycles. The van der Waals surface area contributed by atoms with Crippen LogP contribution >= 0.6 is 23.5 Å². The minimum Gasteiger partial charge on any atom is -0.357 e. The summed E-state index contributed by atoms with van der Waals surface area (Å²) in [6.07, 6.45) is -5.94. The lowest BCUT2D eigenvalue weighted by Crippen LogP contribution is -2.16. The number of para-hydroxylation sites is 1. The molecule has 1 atom stereocenters. The fourth-order valence-electron chi connectivity index (χ4n) is 3.63. The highest BCUT2D eigenvalue weighted by atomic mass is 79.9. The number of alkyl halides is 3. The summed E-state index contributed by atoms with van der Waals surface area (Å²) in [5.41, 5.74) is -0.979. The number of benzene rings is 2. The Morgan fingerprint density at radius 1 is 1.03 bits per heavy atom. The molecule has 0 spiro atoms. The first-order valence-corrected chi connectivity index (χ1v) is 12.8. The Hall–Kier alpha value is -1.67. The number of fused-ring (bicyclic) bond motifs is 1. The van der Waals surface area contributed by atoms with Crippen molar-refractivity contribution in [3.8, 4) is 0 Å². The third-order valence-corrected chi connectivity index (χ3v) is 8.35. The number of aromatic nitrogens is 1. The highest BCUT2D eigenvalue weighted by molar-refractivity contribution is 9.10. The number of nitrogens with one attached hydrogen (secondary N) is 1. The van der Waals surface area contributed by atoms with Crippen molar-refractivity contribution in [2.24, 2.45) is 0 Å². The zero-order valence-corrected chi connectivity index (χ0v) is 21.0. The zero-order chi connectivity index (χ0) is 24.6. The molecule has 2 aromatic carbocycles. The van der Waals surface area contributed by atoms with E-state index < -0.39 is 43.0 Å². The van der Waals surface area contributed by atoms with Crippen LogP contribution in [-0.2, 0) is 26.2 Å². The molecule has 1 aromatic heterocycles. The van der Waals surface area contributed by atoms with Gasteiger partial charge in [0.25, 0.3) is 0 Å². The fourth-order valence-corrected chi connectivity index (χ4v) is 6.99. The number of hydrogen-bond donors (Lipinski definition) is 1. The van der Waals surface area contributed by atoms with Gasteiger partial charge in [0, 0.05) is 21.1 Å². The van der Waals surface area contributed by atoms with Gasteiger partial charge >= 0.3 is 13.8 Å². The average Bonchev–Trinajstić information content (AvgIpc) is 3.01. The second-order valence-corrected chi connectivity index (χ2v) is 11.2. The number of rotatable bonds is 8. The van der Waals surface area contributed by atoms with Gasteiger partial charge in [0.05, 0.1) is 17.8 Å². The smallest absolute Gasteiger partial charge is 0.357 e. The van der Waals surface area contributed by atoms with E-state index in [1.807, 2.05) is 24.3 Å². The summed E-state index contributed by atoms with van der Waals surface area (Å²) in [6, 6.07) is 10.1. The van der Waals surface area contributed by atoms with Crippen molar-refractivity contribution in [1.29, 1.82) is 0 Å². The third kappa shape index (κ3) is 5.88. The molecule has 33 heavy (non-hydrogen) atoms. The third-order valence-electron chi connectivity index (χ3n) is 4.86. The van der Waals surface area contributed by atoms with Crippen molar-refractivity contribution in [1.82, 2.24) is 4.98 Å². The number of aromatic amines is 1. The first-order valence-electron chi connectivity index (χ1n) is 10.4. The molecule has 10 heteroatoms. The Morgan fingerprint density at radius 2 is 1.64 bits per heavy atom. The lowest BCUT2D eigenvalue weighted by Gasteiger charge is -2.30. The van der Waals surface area contributed by atoms with Crippen molar-refractivity contribution >= 4 is 34.4 Å². The summed E-state index contributed by atoms with van der Waals surface area (Å²) in [5.74, 6) is -1.37. The Labute approximate surface area is 198 Å². The molecule has 1 heterocycles. The van der Waals surface area contributed by atoms with Crippen LogP contribution in [0.25, 0.3) is 10.9 Å². The maximum atomic E-state index is 14.1. The van der Waals surface area contributed by atoms with Gasteiger partial charge in [0.15, 0.2) is 0 Å². The summed E-state index contributed by atoms with van der Waals surface area (Å²) in [6.45, 7) is 6.81. The second kappa shape index (κ2) is 9.90. The average molecular weight is 550 g/mol. The van der Waals surface area contributed by atoms with Crippen LogP contribution in [0.1, 0.15) is 50.2 Å². The first kappa shape index (κ1) is 25.9. The molecule has 0 fully saturated rings. The lowest BCUT2D eigenvalue weighted by molar-refractivity contribution is -0.140. The first-order chi connectivity index (χ1) is 15.3. The molecule has 0 aliphatic rings. The molecule has 1 N–H and O–H groups in total. The summed E-state index contributed by atoms with van der Waals surface area (Å²) in [5, 5.41) is 0.813. The summed E-state index contributed by atoms with van der Waals surface area (Å²) >= 11 is 3.55. The van der Waals surface area contributed by atoms with Crippen LogP contribution < -0.4 is 0 Å². The van der Waals surface area contributed by atoms with E-state index in [2.05, 4.69) is 20.9 Å². The standard InChI is InChI=1S/C23H25BrF4NO3P/c1-13(2)31-33(30,32-14(3)4)20(22-21(24)16-7-5-6-8-19(16)29-22)12-15-9-10-18(25)17(11-15)23(26,27)28/h5-11,13-14,20,29H,12H2,1-4H3. The van der Waals surface area contributed by atoms with Gasteiger partial charge in [-0.3, -0.25) is 4.57 Å². The highest BCUT2D eigenvalue weighted by Gasteiger charge is 2.42. The van der Waals surface area contributed by atoms with Crippen molar-refractivity contribution < 1.29 is 31.2 Å². The molecule has 3 aromatic rings. The minimum absolute atomic E-state index is 0.133. The van der Waals surface area contributed by atoms with Gasteiger partial charge < -0.3 is 14.0 Å². The molecule has 1 unspecified atom stereocenters. The van der Waals surface area contributed by atoms with Crippen LogP contribution in [0.2, 0.25) is 0 Å². The molecule has 4 nitrogen and oxygen atoms in total. The SMILES string of the molecule is CC(C)OP(=O)(OC(C)C)C(Cc1ccc(F)c(C(F)(F)F)c1)c1[nH]c2ccccc2c1Br. The monoisotopic (exact) mass is 549 g/mol. The van der Waals surface area contributed by atoms with E-state index in [1.54, 1.807) is 27.7 Å². The highest BCUT2D eigenvalue weighted by Crippen LogP contribution is 2.64. The summed E-state index contributed by atoms with van der Waals surface area (Å²) in [4.78, 5) is 3.22. The van der Waals surface area contributed by atoms with Crippen LogP contribution in [-0.4, -0.2) is 17.2 Å². The van der Waals surface area contributed by atoms with Gasteiger partial charge in [-0.05, 0) is 73.8 Å². The predicted octanol–water partition coefficient (Wildman–Crippen LogP) is 8.42. The Kier molecular flexibility index (Phi) is 7.79. The van der Waals surface area contributed by atoms with Crippen molar-refractivity contribution in [2.45, 2.75) is 58.2 Å². The molecule has 0 saturated heterocycles. The molecular weight excluding hydrogens is 525 g/mol. The topological polar surface area (TPSA) is 51.3 Å². The Balaban J connectivity index is 2.19. The van der Waals surface area contributed by atoms with Crippen molar-refractivity contribution in [3.05, 3.63) is 69.6 Å². The Bertz CT molecular complexity index is 1160. The van der Waals surface area contributed by atoms with Crippen molar-refractivity contribution in [2.75, 3.05) is 0 Å². The largest absolute Gasteiger partial charge is 0.419 e. The molecular formula is C23H25BrF4NO3P. The van der Waals surface area contributed by atoms with Gasteiger partial charge in [-0.1, -0.05) is 24.3 Å². The zero-order valence-electron chi connectivity index (χ0n) is 18.5. The molecule has 0 amide bonds. The van der Waals surface area contributed by atoms with E-state index in [-0.39, 0.29) is 12.0 Å². The number of H-pyrrole nitrogens is 1. The maximum absolute atomic E-state index is 14.1. The molecule has 0 radical (unpaired) electrons. The van der Waals surface area contributed by atoms with Crippen LogP contribution in [0.5, 0.6) is 0 Å². The minimum atomic E-state index is -4.86. The summed E-state index contributed by atoms with van der Waals surface area (Å²) in [7, 11) is -3.92. The molecule has 3 rings (SSSR count). The number of hydrogen-bond acceptors (Lipinski definition) is 3. The fraction of sp³-hybridized carbons (Fsp3) is 0.391. The van der Waals surface area contributed by atoms with Gasteiger partial charge in [0.1, 0.15) is 11.5 Å². The van der Waals surface area contributed by atoms with E-state index in [9.17, 15) is 22.1 Å². The van der Waals surface area contributed by atoms with E-state index in [1.165, 1.54) is 6.07 Å². The lowest BCUT2D eigenvalue weighted by atomic mass is 10.0. The normalized spacial score (nSPS) is 13.9. The molecule has 180 valence electrons. The van der Waals surface area contributed by atoms with Gasteiger partial charge in [-0.2, -0.15) is 13.2 Å². The van der Waals surface area contributed by atoms with E-state index >= 15 is 0 Å². The maximum Gasteiger partial charge on any atom is 0.419 e. The Morgan fingerprint density at radius 3 is 2.18 bits per heavy atom.